The Hall–Kier alpha value is -0.950. The van der Waals surface area contributed by atoms with Crippen LogP contribution in [0.3, 0.4) is 0 Å². The van der Waals surface area contributed by atoms with Gasteiger partial charge in [-0.3, -0.25) is 0 Å². The molecule has 6 nitrogen and oxygen atoms in total. The van der Waals surface area contributed by atoms with Crippen molar-refractivity contribution in [2.75, 3.05) is 24.6 Å². The third-order valence-electron chi connectivity index (χ3n) is 3.24. The Morgan fingerprint density at radius 1 is 1.37 bits per heavy atom. The minimum Gasteiger partial charge on any atom is -0.425 e. The average Bonchev–Trinajstić information content (AvgIpc) is 2.95. The second kappa shape index (κ2) is 6.47. The van der Waals surface area contributed by atoms with Crippen LogP contribution in [-0.4, -0.2) is 43.2 Å². The Bertz CT molecular complexity index is 498. The van der Waals surface area contributed by atoms with E-state index in [1.165, 1.54) is 0 Å². The summed E-state index contributed by atoms with van der Waals surface area (Å²) in [6, 6.07) is 0. The number of aryl methyl sites for hydroxylation is 1. The Morgan fingerprint density at radius 3 is 2.89 bits per heavy atom. The van der Waals surface area contributed by atoms with Gasteiger partial charge in [-0.05, 0) is 32.4 Å². The van der Waals surface area contributed by atoms with Gasteiger partial charge in [-0.25, -0.2) is 8.42 Å². The van der Waals surface area contributed by atoms with E-state index < -0.39 is 9.84 Å². The predicted octanol–water partition coefficient (Wildman–Crippen LogP) is 0.904. The van der Waals surface area contributed by atoms with Crippen molar-refractivity contribution >= 4 is 9.84 Å². The molecule has 1 aromatic heterocycles. The summed E-state index contributed by atoms with van der Waals surface area (Å²) >= 11 is 0. The summed E-state index contributed by atoms with van der Waals surface area (Å²) in [5, 5.41) is 11.3. The summed E-state index contributed by atoms with van der Waals surface area (Å²) in [6.45, 7) is 4.09. The summed E-state index contributed by atoms with van der Waals surface area (Å²) in [5.41, 5.74) is 0. The van der Waals surface area contributed by atoms with Crippen LogP contribution in [0.5, 0.6) is 0 Å². The van der Waals surface area contributed by atoms with E-state index in [9.17, 15) is 8.42 Å². The van der Waals surface area contributed by atoms with Crippen LogP contribution in [0.15, 0.2) is 4.42 Å². The van der Waals surface area contributed by atoms with Crippen LogP contribution in [0.25, 0.3) is 0 Å². The maximum Gasteiger partial charge on any atom is 0.220 e. The molecule has 0 saturated carbocycles. The quantitative estimate of drug-likeness (QED) is 0.750. The van der Waals surface area contributed by atoms with E-state index in [1.807, 2.05) is 0 Å². The predicted molar refractivity (Wildman–Crippen MR) is 71.8 cm³/mol. The molecular weight excluding hydrogens is 266 g/mol. The number of hydrogen-bond donors (Lipinski definition) is 1. The fourth-order valence-electron chi connectivity index (χ4n) is 2.19. The van der Waals surface area contributed by atoms with E-state index in [4.69, 9.17) is 4.42 Å². The first kappa shape index (κ1) is 14.5. The molecule has 0 amide bonds. The molecule has 1 saturated heterocycles. The maximum atomic E-state index is 11.4. The number of nitrogens with zero attached hydrogens (tertiary/aromatic N) is 2. The highest BCUT2D eigenvalue weighted by Gasteiger charge is 2.32. The van der Waals surface area contributed by atoms with Crippen molar-refractivity contribution in [2.45, 2.75) is 38.5 Å². The van der Waals surface area contributed by atoms with Gasteiger partial charge in [0.25, 0.3) is 0 Å². The highest BCUT2D eigenvalue weighted by Crippen LogP contribution is 2.27. The van der Waals surface area contributed by atoms with E-state index in [2.05, 4.69) is 22.4 Å². The summed E-state index contributed by atoms with van der Waals surface area (Å²) < 4.78 is 28.3. The number of sulfone groups is 1. The molecule has 108 valence electrons. The molecule has 0 radical (unpaired) electrons. The zero-order valence-electron chi connectivity index (χ0n) is 11.3. The van der Waals surface area contributed by atoms with Gasteiger partial charge in [0.2, 0.25) is 11.8 Å². The fraction of sp³-hybridized carbons (Fsp3) is 0.833. The lowest BCUT2D eigenvalue weighted by Gasteiger charge is -2.01. The number of aromatic nitrogens is 2. The Kier molecular flexibility index (Phi) is 4.93. The molecule has 1 N–H and O–H groups in total. The van der Waals surface area contributed by atoms with Gasteiger partial charge in [-0.1, -0.05) is 6.92 Å². The van der Waals surface area contributed by atoms with E-state index in [0.717, 1.165) is 32.4 Å². The van der Waals surface area contributed by atoms with Gasteiger partial charge in [0, 0.05) is 6.42 Å². The minimum absolute atomic E-state index is 0.107. The smallest absolute Gasteiger partial charge is 0.220 e. The molecular formula is C12H21N3O3S. The molecule has 2 rings (SSSR count). The monoisotopic (exact) mass is 287 g/mol. The second-order valence-electron chi connectivity index (χ2n) is 4.99. The molecule has 1 atom stereocenters. The first-order chi connectivity index (χ1) is 9.11. The van der Waals surface area contributed by atoms with Crippen LogP contribution in [0.4, 0.5) is 0 Å². The number of nitrogens with one attached hydrogen (secondary N) is 1. The first-order valence-corrected chi connectivity index (χ1v) is 8.66. The highest BCUT2D eigenvalue weighted by molar-refractivity contribution is 7.91. The van der Waals surface area contributed by atoms with Gasteiger partial charge < -0.3 is 9.73 Å². The van der Waals surface area contributed by atoms with Crippen LogP contribution in [-0.2, 0) is 16.3 Å². The van der Waals surface area contributed by atoms with E-state index in [-0.39, 0.29) is 17.4 Å². The number of rotatable bonds is 7. The Morgan fingerprint density at radius 2 is 2.21 bits per heavy atom. The van der Waals surface area contributed by atoms with Crippen molar-refractivity contribution in [3.05, 3.63) is 11.8 Å². The van der Waals surface area contributed by atoms with Crippen molar-refractivity contribution in [1.82, 2.24) is 15.5 Å². The van der Waals surface area contributed by atoms with Crippen molar-refractivity contribution in [2.24, 2.45) is 0 Å². The first-order valence-electron chi connectivity index (χ1n) is 6.84. The Balaban J connectivity index is 1.79. The molecule has 1 fully saturated rings. The molecule has 1 aliphatic rings. The molecule has 7 heteroatoms. The van der Waals surface area contributed by atoms with Gasteiger partial charge in [0.05, 0.1) is 17.4 Å². The zero-order valence-corrected chi connectivity index (χ0v) is 12.1. The van der Waals surface area contributed by atoms with Crippen LogP contribution >= 0.6 is 0 Å². The van der Waals surface area contributed by atoms with Gasteiger partial charge in [-0.2, -0.15) is 0 Å². The summed E-state index contributed by atoms with van der Waals surface area (Å²) in [5.74, 6) is 1.36. The molecule has 1 aliphatic heterocycles. The van der Waals surface area contributed by atoms with Crippen LogP contribution < -0.4 is 5.32 Å². The van der Waals surface area contributed by atoms with Crippen LogP contribution in [0.1, 0.15) is 43.9 Å². The number of hydrogen-bond acceptors (Lipinski definition) is 6. The topological polar surface area (TPSA) is 85.1 Å². The van der Waals surface area contributed by atoms with E-state index in [0.29, 0.717) is 18.2 Å². The van der Waals surface area contributed by atoms with Gasteiger partial charge in [0.15, 0.2) is 9.84 Å². The molecule has 0 aliphatic carbocycles. The fourth-order valence-corrected chi connectivity index (χ4v) is 3.92. The SMILES string of the molecule is CCCNCCCc1nnc(C2CCS(=O)(=O)C2)o1. The molecule has 1 unspecified atom stereocenters. The molecule has 2 heterocycles. The molecule has 0 spiro atoms. The summed E-state index contributed by atoms with van der Waals surface area (Å²) in [4.78, 5) is 0. The summed E-state index contributed by atoms with van der Waals surface area (Å²) in [6.07, 6.45) is 3.41. The molecule has 1 aromatic rings. The van der Waals surface area contributed by atoms with Crippen molar-refractivity contribution < 1.29 is 12.8 Å². The highest BCUT2D eigenvalue weighted by atomic mass is 32.2. The third kappa shape index (κ3) is 4.28. The summed E-state index contributed by atoms with van der Waals surface area (Å²) in [7, 11) is -2.90. The van der Waals surface area contributed by atoms with Crippen molar-refractivity contribution in [3.63, 3.8) is 0 Å². The average molecular weight is 287 g/mol. The molecule has 19 heavy (non-hydrogen) atoms. The van der Waals surface area contributed by atoms with Crippen LogP contribution in [0, 0.1) is 0 Å². The van der Waals surface area contributed by atoms with E-state index in [1.54, 1.807) is 0 Å². The minimum atomic E-state index is -2.90. The maximum absolute atomic E-state index is 11.4. The lowest BCUT2D eigenvalue weighted by Crippen LogP contribution is -2.16. The van der Waals surface area contributed by atoms with Crippen molar-refractivity contribution in [1.29, 1.82) is 0 Å². The second-order valence-corrected chi connectivity index (χ2v) is 7.22. The van der Waals surface area contributed by atoms with Gasteiger partial charge >= 0.3 is 0 Å². The third-order valence-corrected chi connectivity index (χ3v) is 5.00. The zero-order chi connectivity index (χ0) is 13.7. The van der Waals surface area contributed by atoms with Gasteiger partial charge in [-0.15, -0.1) is 10.2 Å². The Labute approximate surface area is 113 Å². The largest absolute Gasteiger partial charge is 0.425 e. The molecule has 0 bridgehead atoms. The van der Waals surface area contributed by atoms with Crippen molar-refractivity contribution in [3.8, 4) is 0 Å². The standard InChI is InChI=1S/C12H21N3O3S/c1-2-6-13-7-3-4-11-14-15-12(18-11)10-5-8-19(16,17)9-10/h10,13H,2-9H2,1H3. The van der Waals surface area contributed by atoms with Gasteiger partial charge in [0.1, 0.15) is 0 Å². The molecule has 0 aromatic carbocycles. The normalized spacial score (nSPS) is 21.8. The lowest BCUT2D eigenvalue weighted by molar-refractivity contribution is 0.420. The van der Waals surface area contributed by atoms with Crippen LogP contribution in [0.2, 0.25) is 0 Å². The lowest BCUT2D eigenvalue weighted by atomic mass is 10.1. The van der Waals surface area contributed by atoms with E-state index >= 15 is 0 Å².